The number of carbonyl (C=O) groups excluding carboxylic acids is 2. The van der Waals surface area contributed by atoms with Crippen molar-refractivity contribution in [2.75, 3.05) is 0 Å². The van der Waals surface area contributed by atoms with E-state index in [0.29, 0.717) is 11.6 Å². The minimum Gasteiger partial charge on any atom is -0.480 e. The molecule has 7 nitrogen and oxygen atoms in total. The molecule has 4 rings (SSSR count). The molecule has 2 aromatic carbocycles. The molecule has 1 fully saturated rings. The van der Waals surface area contributed by atoms with Crippen molar-refractivity contribution in [1.29, 1.82) is 0 Å². The Hall–Kier alpha value is -3.45. The number of imide groups is 1. The highest BCUT2D eigenvalue weighted by Gasteiger charge is 2.55. The van der Waals surface area contributed by atoms with Crippen molar-refractivity contribution in [1.82, 2.24) is 10.2 Å². The number of rotatable bonds is 6. The van der Waals surface area contributed by atoms with Gasteiger partial charge in [-0.05, 0) is 37.0 Å². The number of carboxylic acids is 1. The van der Waals surface area contributed by atoms with Gasteiger partial charge < -0.3 is 10.4 Å². The Bertz CT molecular complexity index is 1080. The van der Waals surface area contributed by atoms with Crippen LogP contribution in [0.3, 0.4) is 0 Å². The van der Waals surface area contributed by atoms with E-state index in [1.165, 1.54) is 0 Å². The summed E-state index contributed by atoms with van der Waals surface area (Å²) in [6, 6.07) is 16.1. The number of likely N-dealkylation sites (tertiary alicyclic amines) is 1. The standard InChI is InChI=1S/C25H24ClN3O4/c1-15-12-16(14-20(26)27-15)13-19-22(24(31)32)29(23(19)30)25(33)28-21(17-8-4-2-5-9-17)18-10-6-3-7-11-18/h2-11,14-15,19,21-22H,12-13H2,1H3,(H,28,33)(H,31,32). The largest absolute Gasteiger partial charge is 0.480 e. The average Bonchev–Trinajstić information content (AvgIpc) is 2.79. The molecular formula is C25H24ClN3O4. The molecule has 0 bridgehead atoms. The van der Waals surface area contributed by atoms with Gasteiger partial charge in [-0.25, -0.2) is 14.5 Å². The number of β-lactam (4-membered cyclic amide) rings is 1. The lowest BCUT2D eigenvalue weighted by atomic mass is 9.81. The molecule has 0 aliphatic carbocycles. The third-order valence-electron chi connectivity index (χ3n) is 5.93. The molecule has 8 heteroatoms. The van der Waals surface area contributed by atoms with Crippen LogP contribution in [0.1, 0.15) is 36.9 Å². The first kappa shape index (κ1) is 22.7. The SMILES string of the molecule is CC1CC(CC2C(=O)N(C(=O)NC(c3ccccc3)c3ccccc3)C2C(=O)O)=CC(Cl)=N1. The molecule has 33 heavy (non-hydrogen) atoms. The van der Waals surface area contributed by atoms with Crippen LogP contribution in [0.4, 0.5) is 4.79 Å². The lowest BCUT2D eigenvalue weighted by molar-refractivity contribution is -0.165. The van der Waals surface area contributed by atoms with Crippen LogP contribution < -0.4 is 5.32 Å². The van der Waals surface area contributed by atoms with E-state index in [4.69, 9.17) is 11.6 Å². The van der Waals surface area contributed by atoms with E-state index in [-0.39, 0.29) is 12.5 Å². The number of allylic oxidation sites excluding steroid dienone is 1. The number of aliphatic imine (C=N–C) groups is 1. The second kappa shape index (κ2) is 9.58. The molecule has 3 amide bonds. The van der Waals surface area contributed by atoms with Gasteiger partial charge in [-0.15, -0.1) is 0 Å². The summed E-state index contributed by atoms with van der Waals surface area (Å²) >= 11 is 6.04. The summed E-state index contributed by atoms with van der Waals surface area (Å²) in [7, 11) is 0. The van der Waals surface area contributed by atoms with Crippen molar-refractivity contribution >= 4 is 34.7 Å². The van der Waals surface area contributed by atoms with Crippen LogP contribution in [0.25, 0.3) is 0 Å². The van der Waals surface area contributed by atoms with Crippen molar-refractivity contribution in [3.8, 4) is 0 Å². The van der Waals surface area contributed by atoms with Gasteiger partial charge in [0, 0.05) is 0 Å². The van der Waals surface area contributed by atoms with E-state index in [0.717, 1.165) is 21.6 Å². The molecule has 3 atom stereocenters. The minimum absolute atomic E-state index is 0.0344. The van der Waals surface area contributed by atoms with Gasteiger partial charge in [0.1, 0.15) is 5.17 Å². The van der Waals surface area contributed by atoms with Crippen LogP contribution in [0.15, 0.2) is 77.3 Å². The van der Waals surface area contributed by atoms with Crippen LogP contribution in [0.5, 0.6) is 0 Å². The maximum Gasteiger partial charge on any atom is 0.327 e. The van der Waals surface area contributed by atoms with Gasteiger partial charge in [-0.2, -0.15) is 0 Å². The smallest absolute Gasteiger partial charge is 0.327 e. The summed E-state index contributed by atoms with van der Waals surface area (Å²) < 4.78 is 0. The Labute approximate surface area is 196 Å². The fourth-order valence-corrected chi connectivity index (χ4v) is 4.75. The monoisotopic (exact) mass is 465 g/mol. The molecule has 2 aromatic rings. The summed E-state index contributed by atoms with van der Waals surface area (Å²) in [6.45, 7) is 1.90. The summed E-state index contributed by atoms with van der Waals surface area (Å²) in [5.74, 6) is -2.54. The molecule has 3 unspecified atom stereocenters. The fourth-order valence-electron chi connectivity index (χ4n) is 4.42. The molecule has 0 spiro atoms. The number of halogens is 1. The van der Waals surface area contributed by atoms with Gasteiger partial charge in [-0.3, -0.25) is 9.79 Å². The highest BCUT2D eigenvalue weighted by molar-refractivity contribution is 6.68. The zero-order valence-corrected chi connectivity index (χ0v) is 18.8. The van der Waals surface area contributed by atoms with Crippen molar-refractivity contribution in [3.63, 3.8) is 0 Å². The zero-order valence-electron chi connectivity index (χ0n) is 18.0. The first-order valence-corrected chi connectivity index (χ1v) is 11.1. The summed E-state index contributed by atoms with van der Waals surface area (Å²) in [4.78, 5) is 43.1. The normalized spacial score (nSPS) is 22.3. The number of amides is 3. The predicted molar refractivity (Wildman–Crippen MR) is 125 cm³/mol. The van der Waals surface area contributed by atoms with Crippen LogP contribution >= 0.6 is 11.6 Å². The number of carbonyl (C=O) groups is 3. The van der Waals surface area contributed by atoms with E-state index < -0.39 is 35.9 Å². The number of carboxylic acid groups (broad SMARTS) is 1. The number of nitrogens with zero attached hydrogens (tertiary/aromatic N) is 2. The molecule has 2 N–H and O–H groups in total. The summed E-state index contributed by atoms with van der Waals surface area (Å²) in [5, 5.41) is 13.0. The third-order valence-corrected chi connectivity index (χ3v) is 6.13. The second-order valence-electron chi connectivity index (χ2n) is 8.31. The summed E-state index contributed by atoms with van der Waals surface area (Å²) in [5.41, 5.74) is 2.51. The van der Waals surface area contributed by atoms with Gasteiger partial charge in [0.2, 0.25) is 5.91 Å². The Morgan fingerprint density at radius 3 is 2.21 bits per heavy atom. The molecular weight excluding hydrogens is 442 g/mol. The van der Waals surface area contributed by atoms with Gasteiger partial charge >= 0.3 is 12.0 Å². The molecule has 0 radical (unpaired) electrons. The van der Waals surface area contributed by atoms with Crippen molar-refractivity contribution < 1.29 is 19.5 Å². The third kappa shape index (κ3) is 4.83. The first-order chi connectivity index (χ1) is 15.8. The van der Waals surface area contributed by atoms with E-state index >= 15 is 0 Å². The number of aliphatic carboxylic acids is 1. The fraction of sp³-hybridized carbons (Fsp3) is 0.280. The van der Waals surface area contributed by atoms with E-state index in [1.54, 1.807) is 6.08 Å². The maximum absolute atomic E-state index is 13.1. The predicted octanol–water partition coefficient (Wildman–Crippen LogP) is 4.14. The zero-order chi connectivity index (χ0) is 23.5. The summed E-state index contributed by atoms with van der Waals surface area (Å²) in [6.07, 6.45) is 2.51. The Balaban J connectivity index is 1.54. The minimum atomic E-state index is -1.24. The van der Waals surface area contributed by atoms with Gasteiger partial charge in [0.25, 0.3) is 0 Å². The molecule has 170 valence electrons. The molecule has 0 aromatic heterocycles. The lowest BCUT2D eigenvalue weighted by Crippen LogP contribution is -2.68. The number of hydrogen-bond acceptors (Lipinski definition) is 4. The Morgan fingerprint density at radius 2 is 1.70 bits per heavy atom. The van der Waals surface area contributed by atoms with Gasteiger partial charge in [0.05, 0.1) is 18.0 Å². The van der Waals surface area contributed by atoms with Crippen LogP contribution in [-0.4, -0.2) is 45.2 Å². The average molecular weight is 466 g/mol. The van der Waals surface area contributed by atoms with Crippen molar-refractivity contribution in [2.24, 2.45) is 10.9 Å². The number of hydrogen-bond donors (Lipinski definition) is 2. The molecule has 2 aliphatic rings. The first-order valence-electron chi connectivity index (χ1n) is 10.7. The quantitative estimate of drug-likeness (QED) is 0.626. The number of dihydropyridines is 1. The molecule has 1 saturated heterocycles. The van der Waals surface area contributed by atoms with E-state index in [2.05, 4.69) is 10.3 Å². The van der Waals surface area contributed by atoms with Crippen molar-refractivity contribution in [3.05, 3.63) is 83.4 Å². The number of nitrogens with one attached hydrogen (secondary N) is 1. The highest BCUT2D eigenvalue weighted by atomic mass is 35.5. The molecule has 2 aliphatic heterocycles. The Kier molecular flexibility index (Phi) is 6.60. The van der Waals surface area contributed by atoms with Crippen LogP contribution in [0.2, 0.25) is 0 Å². The van der Waals surface area contributed by atoms with Crippen molar-refractivity contribution in [2.45, 2.75) is 37.9 Å². The number of urea groups is 1. The number of benzene rings is 2. The topological polar surface area (TPSA) is 99.1 Å². The van der Waals surface area contributed by atoms with E-state index in [9.17, 15) is 19.5 Å². The second-order valence-corrected chi connectivity index (χ2v) is 8.70. The highest BCUT2D eigenvalue weighted by Crippen LogP contribution is 2.35. The van der Waals surface area contributed by atoms with Crippen LogP contribution in [-0.2, 0) is 9.59 Å². The maximum atomic E-state index is 13.1. The van der Waals surface area contributed by atoms with Gasteiger partial charge in [-0.1, -0.05) is 77.8 Å². The van der Waals surface area contributed by atoms with Gasteiger partial charge in [0.15, 0.2) is 6.04 Å². The molecule has 0 saturated carbocycles. The van der Waals surface area contributed by atoms with E-state index in [1.807, 2.05) is 67.6 Å². The Morgan fingerprint density at radius 1 is 1.12 bits per heavy atom. The molecule has 2 heterocycles. The van der Waals surface area contributed by atoms with Crippen LogP contribution in [0, 0.1) is 5.92 Å². The lowest BCUT2D eigenvalue weighted by Gasteiger charge is -2.44.